The van der Waals surface area contributed by atoms with Gasteiger partial charge in [-0.1, -0.05) is 30.8 Å². The van der Waals surface area contributed by atoms with Crippen molar-refractivity contribution in [2.45, 2.75) is 33.2 Å². The maximum Gasteiger partial charge on any atom is 0.318 e. The minimum atomic E-state index is 0.0139. The quantitative estimate of drug-likeness (QED) is 0.337. The average molecular weight is 563 g/mol. The molecule has 0 bridgehead atoms. The Labute approximate surface area is 242 Å². The Kier molecular flexibility index (Phi) is 10.4. The highest BCUT2D eigenvalue weighted by Crippen LogP contribution is 2.35. The molecule has 1 fully saturated rings. The van der Waals surface area contributed by atoms with Crippen molar-refractivity contribution >= 4 is 28.2 Å². The Hall–Kier alpha value is -3.89. The van der Waals surface area contributed by atoms with E-state index in [0.717, 1.165) is 73.3 Å². The molecule has 1 unspecified atom stereocenters. The number of benzene rings is 2. The second-order valence-electron chi connectivity index (χ2n) is 10.4. The van der Waals surface area contributed by atoms with Crippen LogP contribution in [0.2, 0.25) is 0 Å². The van der Waals surface area contributed by atoms with E-state index in [1.165, 1.54) is 6.08 Å². The molecule has 1 atom stereocenters. The topological polar surface area (TPSA) is 128 Å². The van der Waals surface area contributed by atoms with Crippen LogP contribution < -0.4 is 15.4 Å². The van der Waals surface area contributed by atoms with Crippen LogP contribution in [0.25, 0.3) is 10.8 Å². The number of carbonyl (C=O) groups is 1. The Bertz CT molecular complexity index is 1350. The highest BCUT2D eigenvalue weighted by atomic mass is 16.5. The van der Waals surface area contributed by atoms with Crippen molar-refractivity contribution in [3.8, 4) is 11.8 Å². The third-order valence-corrected chi connectivity index (χ3v) is 7.73. The van der Waals surface area contributed by atoms with Gasteiger partial charge in [-0.2, -0.15) is 9.97 Å². The molecule has 3 heterocycles. The molecule has 10 heteroatoms. The van der Waals surface area contributed by atoms with Gasteiger partial charge in [0, 0.05) is 61.3 Å². The summed E-state index contributed by atoms with van der Waals surface area (Å²) in [5.74, 6) is 1.15. The van der Waals surface area contributed by atoms with Crippen LogP contribution in [-0.2, 0) is 17.8 Å². The van der Waals surface area contributed by atoms with E-state index < -0.39 is 0 Å². The van der Waals surface area contributed by atoms with Crippen LogP contribution in [0.5, 0.6) is 11.8 Å². The summed E-state index contributed by atoms with van der Waals surface area (Å²) in [5, 5.41) is 21.5. The number of likely N-dealkylation sites (tertiary alicyclic amines) is 1. The number of ether oxygens (including phenoxy) is 1. The van der Waals surface area contributed by atoms with Crippen molar-refractivity contribution in [1.29, 1.82) is 0 Å². The van der Waals surface area contributed by atoms with Crippen LogP contribution in [0, 0.1) is 5.92 Å². The zero-order chi connectivity index (χ0) is 29.4. The van der Waals surface area contributed by atoms with Gasteiger partial charge in [0.15, 0.2) is 0 Å². The highest BCUT2D eigenvalue weighted by molar-refractivity contribution is 5.95. The van der Waals surface area contributed by atoms with Crippen molar-refractivity contribution < 1.29 is 19.7 Å². The molecule has 0 aliphatic carbocycles. The van der Waals surface area contributed by atoms with E-state index in [1.54, 1.807) is 11.0 Å². The monoisotopic (exact) mass is 562 g/mol. The van der Waals surface area contributed by atoms with E-state index in [1.807, 2.05) is 38.1 Å². The van der Waals surface area contributed by atoms with Gasteiger partial charge in [0.05, 0.1) is 25.5 Å². The first-order valence-corrected chi connectivity index (χ1v) is 14.4. The van der Waals surface area contributed by atoms with Gasteiger partial charge in [0.2, 0.25) is 5.91 Å². The van der Waals surface area contributed by atoms with Crippen LogP contribution in [0.3, 0.4) is 0 Å². The fourth-order valence-corrected chi connectivity index (χ4v) is 5.49. The Morgan fingerprint density at radius 3 is 2.71 bits per heavy atom. The Morgan fingerprint density at radius 1 is 1.22 bits per heavy atom. The lowest BCUT2D eigenvalue weighted by Gasteiger charge is -2.31. The molecule has 4 N–H and O–H groups in total. The molecule has 2 aromatic carbocycles. The summed E-state index contributed by atoms with van der Waals surface area (Å²) in [4.78, 5) is 26.1. The molecular formula is C31H42N6O4. The van der Waals surface area contributed by atoms with Crippen molar-refractivity contribution in [3.63, 3.8) is 0 Å². The molecule has 5 rings (SSSR count). The number of hydrogen-bond donors (Lipinski definition) is 3. The van der Waals surface area contributed by atoms with Crippen molar-refractivity contribution in [2.75, 3.05) is 63.1 Å². The second kappa shape index (κ2) is 14.1. The molecule has 3 aromatic rings. The van der Waals surface area contributed by atoms with Gasteiger partial charge >= 0.3 is 6.01 Å². The number of likely N-dealkylation sites (N-methyl/N-ethyl adjacent to an activating group) is 1. The number of nitrogens with two attached hydrogens (primary N) is 1. The third kappa shape index (κ3) is 7.45. The predicted molar refractivity (Wildman–Crippen MR) is 162 cm³/mol. The van der Waals surface area contributed by atoms with Crippen LogP contribution in [-0.4, -0.2) is 88.4 Å². The molecular weight excluding hydrogens is 520 g/mol. The van der Waals surface area contributed by atoms with E-state index in [0.29, 0.717) is 37.4 Å². The first-order valence-electron chi connectivity index (χ1n) is 14.4. The minimum Gasteiger partial charge on any atom is -0.508 e. The van der Waals surface area contributed by atoms with Crippen molar-refractivity contribution in [1.82, 2.24) is 19.8 Å². The van der Waals surface area contributed by atoms with Gasteiger partial charge in [0.1, 0.15) is 11.6 Å². The minimum absolute atomic E-state index is 0.0139. The van der Waals surface area contributed by atoms with Gasteiger partial charge in [-0.15, -0.1) is 0 Å². The maximum absolute atomic E-state index is 10.8. The lowest BCUT2D eigenvalue weighted by atomic mass is 10.0. The van der Waals surface area contributed by atoms with Crippen LogP contribution >= 0.6 is 0 Å². The number of amides is 1. The number of β-amino-alcohol motifs (C(OH)–C–C–N with tert-alkyl or cyclic N) is 1. The van der Waals surface area contributed by atoms with E-state index >= 15 is 0 Å². The first-order chi connectivity index (χ1) is 19.9. The number of carbonyl (C=O) groups excluding carboxylic acids is 1. The number of aromatic nitrogens is 2. The number of nitrogen functional groups attached to an aromatic ring is 1. The SMILES string of the molecule is C=CC(=O)N(CC)CC.Nc1nc(OCC2CCN(CCO)C2)nc2c1CCN(c1cc(O)cc3ccccc13)C2. The number of nitrogens with zero attached hydrogens (tertiary/aromatic N) is 5. The van der Waals surface area contributed by atoms with E-state index in [4.69, 9.17) is 20.6 Å². The number of phenolic OH excluding ortho intramolecular Hbond substituents is 1. The van der Waals surface area contributed by atoms with Crippen LogP contribution in [0.4, 0.5) is 11.5 Å². The molecule has 2 aliphatic heterocycles. The Balaban J connectivity index is 0.000000374. The lowest BCUT2D eigenvalue weighted by molar-refractivity contribution is -0.125. The summed E-state index contributed by atoms with van der Waals surface area (Å²) in [6, 6.07) is 12.0. The summed E-state index contributed by atoms with van der Waals surface area (Å²) in [6.07, 6.45) is 3.12. The lowest BCUT2D eigenvalue weighted by Crippen LogP contribution is -2.32. The molecule has 0 saturated carbocycles. The molecule has 1 saturated heterocycles. The number of aliphatic hydroxyl groups excluding tert-OH is 1. The fraction of sp³-hybridized carbons (Fsp3) is 0.452. The molecule has 2 aliphatic rings. The second-order valence-corrected chi connectivity index (χ2v) is 10.4. The zero-order valence-corrected chi connectivity index (χ0v) is 24.1. The summed E-state index contributed by atoms with van der Waals surface area (Å²) < 4.78 is 5.94. The number of anilines is 2. The van der Waals surface area contributed by atoms with Crippen LogP contribution in [0.15, 0.2) is 49.1 Å². The summed E-state index contributed by atoms with van der Waals surface area (Å²) >= 11 is 0. The normalized spacial score (nSPS) is 16.6. The Morgan fingerprint density at radius 2 is 2.00 bits per heavy atom. The fourth-order valence-electron chi connectivity index (χ4n) is 5.49. The van der Waals surface area contributed by atoms with E-state index in [-0.39, 0.29) is 18.3 Å². The number of phenols is 1. The maximum atomic E-state index is 10.8. The molecule has 0 spiro atoms. The van der Waals surface area contributed by atoms with Crippen molar-refractivity contribution in [2.24, 2.45) is 5.92 Å². The van der Waals surface area contributed by atoms with E-state index in [2.05, 4.69) is 27.4 Å². The number of rotatable bonds is 9. The third-order valence-electron chi connectivity index (χ3n) is 7.73. The smallest absolute Gasteiger partial charge is 0.318 e. The first kappa shape index (κ1) is 30.1. The van der Waals surface area contributed by atoms with Gasteiger partial charge in [0.25, 0.3) is 0 Å². The molecule has 10 nitrogen and oxygen atoms in total. The highest BCUT2D eigenvalue weighted by Gasteiger charge is 2.25. The summed E-state index contributed by atoms with van der Waals surface area (Å²) in [6.45, 7) is 13.5. The summed E-state index contributed by atoms with van der Waals surface area (Å²) in [5.41, 5.74) is 9.10. The van der Waals surface area contributed by atoms with Gasteiger partial charge in [-0.25, -0.2) is 0 Å². The van der Waals surface area contributed by atoms with Gasteiger partial charge in [-0.05, 0) is 50.8 Å². The zero-order valence-electron chi connectivity index (χ0n) is 24.1. The largest absolute Gasteiger partial charge is 0.508 e. The molecule has 0 radical (unpaired) electrons. The standard InChI is InChI=1S/C24H29N5O3.C7H13NO/c25-23-20-6-8-29(22-12-18(31)11-17-3-1-2-4-19(17)22)14-21(20)26-24(27-23)32-15-16-5-7-28(13-16)9-10-30;1-4-7(9)8(5-2)6-3/h1-4,11-12,16,30-31H,5-10,13-15H2,(H2,25,26,27);4H,1,5-6H2,2-3H3. The number of hydrogen-bond acceptors (Lipinski definition) is 9. The molecule has 220 valence electrons. The van der Waals surface area contributed by atoms with Crippen molar-refractivity contribution in [3.05, 3.63) is 60.3 Å². The molecule has 41 heavy (non-hydrogen) atoms. The summed E-state index contributed by atoms with van der Waals surface area (Å²) in [7, 11) is 0. The van der Waals surface area contributed by atoms with Gasteiger partial charge < -0.3 is 35.4 Å². The van der Waals surface area contributed by atoms with Gasteiger partial charge in [-0.3, -0.25) is 4.79 Å². The molecule has 1 aromatic heterocycles. The average Bonchev–Trinajstić information content (AvgIpc) is 3.43. The van der Waals surface area contributed by atoms with E-state index in [9.17, 15) is 9.90 Å². The predicted octanol–water partition coefficient (Wildman–Crippen LogP) is 3.21. The molecule has 1 amide bonds. The van der Waals surface area contributed by atoms with Crippen LogP contribution in [0.1, 0.15) is 31.5 Å². The number of fused-ring (bicyclic) bond motifs is 2. The number of aromatic hydroxyl groups is 1. The number of aliphatic hydroxyl groups is 1.